The Labute approximate surface area is 123 Å². The van der Waals surface area contributed by atoms with E-state index in [2.05, 4.69) is 37.4 Å². The summed E-state index contributed by atoms with van der Waals surface area (Å²) in [7, 11) is 1.76. The molecule has 2 heteroatoms. The summed E-state index contributed by atoms with van der Waals surface area (Å²) in [6.07, 6.45) is 8.11. The lowest BCUT2D eigenvalue weighted by molar-refractivity contribution is 0.388. The van der Waals surface area contributed by atoms with Gasteiger partial charge < -0.3 is 10.1 Å². The molecule has 1 aliphatic rings. The zero-order valence-corrected chi connectivity index (χ0v) is 13.2. The number of rotatable bonds is 7. The molecule has 0 saturated heterocycles. The van der Waals surface area contributed by atoms with E-state index in [0.717, 1.165) is 18.2 Å². The van der Waals surface area contributed by atoms with Gasteiger partial charge in [0.25, 0.3) is 0 Å². The Morgan fingerprint density at radius 1 is 1.30 bits per heavy atom. The maximum Gasteiger partial charge on any atom is 0.122 e. The van der Waals surface area contributed by atoms with Gasteiger partial charge in [0.15, 0.2) is 0 Å². The molecular formula is C18H29NO. The van der Waals surface area contributed by atoms with Crippen LogP contribution in [-0.2, 0) is 0 Å². The molecule has 1 unspecified atom stereocenters. The first-order chi connectivity index (χ1) is 9.74. The first kappa shape index (κ1) is 15.4. The van der Waals surface area contributed by atoms with E-state index in [-0.39, 0.29) is 0 Å². The summed E-state index contributed by atoms with van der Waals surface area (Å²) in [6.45, 7) is 5.43. The molecule has 2 rings (SSSR count). The molecule has 1 aliphatic carbocycles. The van der Waals surface area contributed by atoms with Crippen LogP contribution in [0.1, 0.15) is 62.6 Å². The second-order valence-corrected chi connectivity index (χ2v) is 6.12. The van der Waals surface area contributed by atoms with E-state index in [0.29, 0.717) is 6.04 Å². The molecule has 0 radical (unpaired) electrons. The minimum atomic E-state index is 0.479. The summed E-state index contributed by atoms with van der Waals surface area (Å²) < 4.78 is 5.48. The number of methoxy groups -OCH3 is 1. The Morgan fingerprint density at radius 2 is 2.05 bits per heavy atom. The summed E-state index contributed by atoms with van der Waals surface area (Å²) in [5.41, 5.74) is 2.60. The van der Waals surface area contributed by atoms with E-state index in [1.165, 1.54) is 49.7 Å². The molecule has 1 aromatic rings. The number of benzene rings is 1. The average Bonchev–Trinajstić information content (AvgIpc) is 2.97. The van der Waals surface area contributed by atoms with Gasteiger partial charge in [-0.05, 0) is 49.4 Å². The lowest BCUT2D eigenvalue weighted by Crippen LogP contribution is -2.24. The summed E-state index contributed by atoms with van der Waals surface area (Å²) in [4.78, 5) is 0. The lowest BCUT2D eigenvalue weighted by atomic mass is 9.93. The van der Waals surface area contributed by atoms with Crippen molar-refractivity contribution in [2.45, 2.75) is 58.4 Å². The van der Waals surface area contributed by atoms with Crippen LogP contribution in [0.2, 0.25) is 0 Å². The van der Waals surface area contributed by atoms with Crippen molar-refractivity contribution in [3.05, 3.63) is 29.3 Å². The van der Waals surface area contributed by atoms with Gasteiger partial charge in [0.2, 0.25) is 0 Å². The number of nitrogens with one attached hydrogen (secondary N) is 1. The lowest BCUT2D eigenvalue weighted by Gasteiger charge is -2.23. The van der Waals surface area contributed by atoms with Crippen molar-refractivity contribution >= 4 is 0 Å². The van der Waals surface area contributed by atoms with E-state index < -0.39 is 0 Å². The van der Waals surface area contributed by atoms with Crippen LogP contribution >= 0.6 is 0 Å². The molecule has 2 nitrogen and oxygen atoms in total. The standard InChI is InChI=1S/C18H29NO/c1-4-11-19-17(12-15-7-5-6-8-15)16-10-9-14(2)18(13-16)20-3/h9-10,13,15,17,19H,4-8,11-12H2,1-3H3. The molecule has 1 aromatic carbocycles. The number of hydrogen-bond donors (Lipinski definition) is 1. The molecule has 1 N–H and O–H groups in total. The van der Waals surface area contributed by atoms with Crippen molar-refractivity contribution in [3.8, 4) is 5.75 Å². The highest BCUT2D eigenvalue weighted by Crippen LogP contribution is 2.34. The summed E-state index contributed by atoms with van der Waals surface area (Å²) in [5, 5.41) is 3.73. The molecule has 0 heterocycles. The Bertz CT molecular complexity index is 410. The van der Waals surface area contributed by atoms with Crippen molar-refractivity contribution in [2.24, 2.45) is 5.92 Å². The maximum atomic E-state index is 5.48. The van der Waals surface area contributed by atoms with Crippen molar-refractivity contribution in [2.75, 3.05) is 13.7 Å². The van der Waals surface area contributed by atoms with Crippen LogP contribution in [0.25, 0.3) is 0 Å². The van der Waals surface area contributed by atoms with Crippen LogP contribution in [0, 0.1) is 12.8 Å². The highest BCUT2D eigenvalue weighted by molar-refractivity contribution is 5.37. The summed E-state index contributed by atoms with van der Waals surface area (Å²) >= 11 is 0. The van der Waals surface area contributed by atoms with Gasteiger partial charge in [-0.1, -0.05) is 44.7 Å². The van der Waals surface area contributed by atoms with Crippen LogP contribution in [0.15, 0.2) is 18.2 Å². The van der Waals surface area contributed by atoms with E-state index >= 15 is 0 Å². The van der Waals surface area contributed by atoms with Crippen LogP contribution < -0.4 is 10.1 Å². The second kappa shape index (κ2) is 7.68. The molecule has 0 aromatic heterocycles. The second-order valence-electron chi connectivity index (χ2n) is 6.12. The van der Waals surface area contributed by atoms with Crippen molar-refractivity contribution in [1.82, 2.24) is 5.32 Å². The van der Waals surface area contributed by atoms with Crippen LogP contribution in [0.4, 0.5) is 0 Å². The molecule has 20 heavy (non-hydrogen) atoms. The van der Waals surface area contributed by atoms with E-state index in [9.17, 15) is 0 Å². The number of aryl methyl sites for hydroxylation is 1. The normalized spacial score (nSPS) is 17.4. The third-order valence-corrected chi connectivity index (χ3v) is 4.52. The predicted molar refractivity (Wildman–Crippen MR) is 85.3 cm³/mol. The van der Waals surface area contributed by atoms with Crippen LogP contribution in [0.5, 0.6) is 5.75 Å². The molecule has 1 atom stereocenters. The predicted octanol–water partition coefficient (Wildman–Crippen LogP) is 4.62. The molecule has 0 bridgehead atoms. The third kappa shape index (κ3) is 3.99. The Hall–Kier alpha value is -1.02. The van der Waals surface area contributed by atoms with Gasteiger partial charge >= 0.3 is 0 Å². The molecule has 0 aliphatic heterocycles. The molecule has 1 fully saturated rings. The Morgan fingerprint density at radius 3 is 2.70 bits per heavy atom. The van der Waals surface area contributed by atoms with Gasteiger partial charge in [-0.15, -0.1) is 0 Å². The maximum absolute atomic E-state index is 5.48. The Balaban J connectivity index is 2.11. The van der Waals surface area contributed by atoms with Gasteiger partial charge in [-0.2, -0.15) is 0 Å². The number of hydrogen-bond acceptors (Lipinski definition) is 2. The first-order valence-electron chi connectivity index (χ1n) is 8.12. The number of ether oxygens (including phenoxy) is 1. The van der Waals surface area contributed by atoms with E-state index in [1.807, 2.05) is 0 Å². The summed E-state index contributed by atoms with van der Waals surface area (Å²) in [5.74, 6) is 1.91. The van der Waals surface area contributed by atoms with E-state index in [1.54, 1.807) is 7.11 Å². The van der Waals surface area contributed by atoms with Crippen LogP contribution in [0.3, 0.4) is 0 Å². The van der Waals surface area contributed by atoms with Crippen molar-refractivity contribution in [1.29, 1.82) is 0 Å². The zero-order valence-electron chi connectivity index (χ0n) is 13.2. The Kier molecular flexibility index (Phi) is 5.90. The van der Waals surface area contributed by atoms with Gasteiger partial charge in [-0.25, -0.2) is 0 Å². The van der Waals surface area contributed by atoms with Crippen LogP contribution in [-0.4, -0.2) is 13.7 Å². The monoisotopic (exact) mass is 275 g/mol. The van der Waals surface area contributed by atoms with Gasteiger partial charge in [-0.3, -0.25) is 0 Å². The molecular weight excluding hydrogens is 246 g/mol. The van der Waals surface area contributed by atoms with Gasteiger partial charge in [0, 0.05) is 6.04 Å². The quantitative estimate of drug-likeness (QED) is 0.783. The smallest absolute Gasteiger partial charge is 0.122 e. The topological polar surface area (TPSA) is 21.3 Å². The zero-order chi connectivity index (χ0) is 14.4. The first-order valence-corrected chi connectivity index (χ1v) is 8.12. The third-order valence-electron chi connectivity index (χ3n) is 4.52. The van der Waals surface area contributed by atoms with Gasteiger partial charge in [0.1, 0.15) is 5.75 Å². The van der Waals surface area contributed by atoms with E-state index in [4.69, 9.17) is 4.74 Å². The fraction of sp³-hybridized carbons (Fsp3) is 0.667. The molecule has 1 saturated carbocycles. The van der Waals surface area contributed by atoms with Crippen molar-refractivity contribution in [3.63, 3.8) is 0 Å². The summed E-state index contributed by atoms with van der Waals surface area (Å²) in [6, 6.07) is 7.15. The minimum absolute atomic E-state index is 0.479. The SMILES string of the molecule is CCCNC(CC1CCCC1)c1ccc(C)c(OC)c1. The molecule has 0 spiro atoms. The average molecular weight is 275 g/mol. The molecule has 112 valence electrons. The van der Waals surface area contributed by atoms with Crippen molar-refractivity contribution < 1.29 is 4.74 Å². The largest absolute Gasteiger partial charge is 0.496 e. The minimum Gasteiger partial charge on any atom is -0.496 e. The molecule has 0 amide bonds. The van der Waals surface area contributed by atoms with Gasteiger partial charge in [0.05, 0.1) is 7.11 Å². The highest BCUT2D eigenvalue weighted by atomic mass is 16.5. The highest BCUT2D eigenvalue weighted by Gasteiger charge is 2.21. The fourth-order valence-electron chi connectivity index (χ4n) is 3.29. The fourth-order valence-corrected chi connectivity index (χ4v) is 3.29.